The Morgan fingerprint density at radius 1 is 1.35 bits per heavy atom. The molecule has 1 unspecified atom stereocenters. The second-order valence-electron chi connectivity index (χ2n) is 4.36. The molecule has 2 nitrogen and oxygen atoms in total. The fourth-order valence-corrected chi connectivity index (χ4v) is 2.61. The molecule has 1 N–H and O–H groups in total. The molecule has 17 heavy (non-hydrogen) atoms. The molecule has 0 aliphatic carbocycles. The van der Waals surface area contributed by atoms with Crippen molar-refractivity contribution < 1.29 is 9.90 Å². The van der Waals surface area contributed by atoms with Crippen LogP contribution in [0.1, 0.15) is 38.2 Å². The van der Waals surface area contributed by atoms with Crippen LogP contribution in [0.25, 0.3) is 0 Å². The van der Waals surface area contributed by atoms with Gasteiger partial charge in [-0.3, -0.25) is 4.79 Å². The molecular weight excluding hydrogens is 280 g/mol. The van der Waals surface area contributed by atoms with Crippen molar-refractivity contribution in [1.29, 1.82) is 0 Å². The van der Waals surface area contributed by atoms with E-state index in [-0.39, 0.29) is 11.8 Å². The minimum atomic E-state index is -0.717. The normalized spacial score (nSPS) is 14.2. The summed E-state index contributed by atoms with van der Waals surface area (Å²) in [6.45, 7) is 2.07. The number of aliphatic carboxylic acids is 1. The third kappa shape index (κ3) is 3.84. The lowest BCUT2D eigenvalue weighted by molar-refractivity contribution is -0.138. The number of alkyl halides is 1. The molecule has 0 radical (unpaired) electrons. The number of carboxylic acids is 1. The number of carboxylic acid groups (broad SMARTS) is 1. The quantitative estimate of drug-likeness (QED) is 0.773. The van der Waals surface area contributed by atoms with Crippen LogP contribution in [-0.2, 0) is 10.2 Å². The number of carbonyl (C=O) groups is 1. The molecule has 94 valence electrons. The first-order chi connectivity index (χ1) is 8.14. The molecule has 0 aromatic heterocycles. The van der Waals surface area contributed by atoms with Crippen molar-refractivity contribution >= 4 is 21.9 Å². The molecule has 0 bridgehead atoms. The van der Waals surface area contributed by atoms with Gasteiger partial charge in [-0.15, -0.1) is 0 Å². The predicted octanol–water partition coefficient (Wildman–Crippen LogP) is 3.98. The van der Waals surface area contributed by atoms with Gasteiger partial charge < -0.3 is 5.11 Å². The molecule has 0 amide bonds. The fourth-order valence-electron chi connectivity index (χ4n) is 2.33. The highest BCUT2D eigenvalue weighted by Gasteiger charge is 2.32. The van der Waals surface area contributed by atoms with Crippen molar-refractivity contribution in [2.45, 2.75) is 38.0 Å². The lowest BCUT2D eigenvalue weighted by Gasteiger charge is -2.32. The van der Waals surface area contributed by atoms with E-state index in [2.05, 4.69) is 22.9 Å². The van der Waals surface area contributed by atoms with Crippen LogP contribution in [0.2, 0.25) is 0 Å². The van der Waals surface area contributed by atoms with Gasteiger partial charge in [0, 0.05) is 10.7 Å². The Labute approximate surface area is 111 Å². The van der Waals surface area contributed by atoms with Crippen molar-refractivity contribution in [2.75, 3.05) is 5.33 Å². The number of hydrogen-bond donors (Lipinski definition) is 1. The summed E-state index contributed by atoms with van der Waals surface area (Å²) < 4.78 is 0. The molecule has 0 saturated carbocycles. The SMILES string of the molecule is CCC(CCCBr)(CC(=O)O)c1ccccc1. The monoisotopic (exact) mass is 298 g/mol. The standard InChI is InChI=1S/C14H19BrO2/c1-2-14(9-6-10-15,11-13(16)17)12-7-4-3-5-8-12/h3-5,7-8H,2,6,9-11H2,1H3,(H,16,17). The van der Waals surface area contributed by atoms with Crippen molar-refractivity contribution in [1.82, 2.24) is 0 Å². The van der Waals surface area contributed by atoms with Crippen molar-refractivity contribution in [3.63, 3.8) is 0 Å². The lowest BCUT2D eigenvalue weighted by atomic mass is 9.72. The molecule has 1 aromatic rings. The molecule has 1 atom stereocenters. The van der Waals surface area contributed by atoms with E-state index in [1.165, 1.54) is 0 Å². The van der Waals surface area contributed by atoms with Gasteiger partial charge >= 0.3 is 5.97 Å². The van der Waals surface area contributed by atoms with Gasteiger partial charge in [-0.1, -0.05) is 53.2 Å². The van der Waals surface area contributed by atoms with E-state index in [9.17, 15) is 4.79 Å². The summed E-state index contributed by atoms with van der Waals surface area (Å²) in [5.41, 5.74) is 0.923. The van der Waals surface area contributed by atoms with Crippen LogP contribution >= 0.6 is 15.9 Å². The third-order valence-electron chi connectivity index (χ3n) is 3.34. The highest BCUT2D eigenvalue weighted by molar-refractivity contribution is 9.09. The van der Waals surface area contributed by atoms with E-state index in [1.54, 1.807) is 0 Å². The zero-order chi connectivity index (χ0) is 12.7. The first-order valence-electron chi connectivity index (χ1n) is 5.98. The Morgan fingerprint density at radius 3 is 2.47 bits per heavy atom. The van der Waals surface area contributed by atoms with Crippen molar-refractivity contribution in [3.05, 3.63) is 35.9 Å². The molecule has 0 fully saturated rings. The zero-order valence-corrected chi connectivity index (χ0v) is 11.7. The van der Waals surface area contributed by atoms with E-state index in [4.69, 9.17) is 5.11 Å². The summed E-state index contributed by atoms with van der Waals surface area (Å²) in [6.07, 6.45) is 2.97. The van der Waals surface area contributed by atoms with Crippen LogP contribution in [-0.4, -0.2) is 16.4 Å². The predicted molar refractivity (Wildman–Crippen MR) is 73.7 cm³/mol. The number of benzene rings is 1. The molecule has 0 aliphatic rings. The summed E-state index contributed by atoms with van der Waals surface area (Å²) in [5.74, 6) is -0.717. The third-order valence-corrected chi connectivity index (χ3v) is 3.90. The average Bonchev–Trinajstić information content (AvgIpc) is 2.35. The van der Waals surface area contributed by atoms with Crippen LogP contribution in [0.3, 0.4) is 0 Å². The average molecular weight is 299 g/mol. The zero-order valence-electron chi connectivity index (χ0n) is 10.2. The van der Waals surface area contributed by atoms with Gasteiger partial charge in [0.2, 0.25) is 0 Å². The molecule has 0 spiro atoms. The van der Waals surface area contributed by atoms with Gasteiger partial charge in [0.15, 0.2) is 0 Å². The van der Waals surface area contributed by atoms with E-state index in [1.807, 2.05) is 30.3 Å². The highest BCUT2D eigenvalue weighted by atomic mass is 79.9. The molecule has 3 heteroatoms. The van der Waals surface area contributed by atoms with E-state index >= 15 is 0 Å². The first-order valence-corrected chi connectivity index (χ1v) is 7.10. The summed E-state index contributed by atoms with van der Waals surface area (Å²) in [4.78, 5) is 11.1. The molecule has 1 aromatic carbocycles. The van der Waals surface area contributed by atoms with Crippen LogP contribution in [0.5, 0.6) is 0 Å². The highest BCUT2D eigenvalue weighted by Crippen LogP contribution is 2.36. The van der Waals surface area contributed by atoms with E-state index < -0.39 is 5.97 Å². The van der Waals surface area contributed by atoms with Gasteiger partial charge in [0.05, 0.1) is 6.42 Å². The Hall–Kier alpha value is -0.830. The largest absolute Gasteiger partial charge is 0.481 e. The molecule has 0 heterocycles. The fraction of sp³-hybridized carbons (Fsp3) is 0.500. The Bertz CT molecular complexity index is 350. The second-order valence-corrected chi connectivity index (χ2v) is 5.16. The first kappa shape index (κ1) is 14.2. The summed E-state index contributed by atoms with van der Waals surface area (Å²) in [6, 6.07) is 10.0. The van der Waals surface area contributed by atoms with Crippen LogP contribution in [0.15, 0.2) is 30.3 Å². The van der Waals surface area contributed by atoms with E-state index in [0.717, 1.165) is 30.2 Å². The smallest absolute Gasteiger partial charge is 0.304 e. The summed E-state index contributed by atoms with van der Waals surface area (Å²) >= 11 is 3.42. The summed E-state index contributed by atoms with van der Waals surface area (Å²) in [5, 5.41) is 10.0. The maximum Gasteiger partial charge on any atom is 0.304 e. The van der Waals surface area contributed by atoms with Gasteiger partial charge in [0.25, 0.3) is 0 Å². The minimum Gasteiger partial charge on any atom is -0.481 e. The van der Waals surface area contributed by atoms with Gasteiger partial charge in [-0.2, -0.15) is 0 Å². The van der Waals surface area contributed by atoms with Gasteiger partial charge in [-0.05, 0) is 24.8 Å². The maximum absolute atomic E-state index is 11.1. The molecule has 1 rings (SSSR count). The van der Waals surface area contributed by atoms with Crippen LogP contribution in [0.4, 0.5) is 0 Å². The number of rotatable bonds is 7. The molecular formula is C14H19BrO2. The number of hydrogen-bond acceptors (Lipinski definition) is 1. The van der Waals surface area contributed by atoms with Crippen molar-refractivity contribution in [2.24, 2.45) is 0 Å². The maximum atomic E-state index is 11.1. The topological polar surface area (TPSA) is 37.3 Å². The van der Waals surface area contributed by atoms with E-state index in [0.29, 0.717) is 0 Å². The minimum absolute atomic E-state index is 0.209. The number of halogens is 1. The Morgan fingerprint density at radius 2 is 2.00 bits per heavy atom. The summed E-state index contributed by atoms with van der Waals surface area (Å²) in [7, 11) is 0. The van der Waals surface area contributed by atoms with Crippen molar-refractivity contribution in [3.8, 4) is 0 Å². The lowest BCUT2D eigenvalue weighted by Crippen LogP contribution is -2.29. The Kier molecular flexibility index (Phi) is 5.69. The Balaban J connectivity index is 3.01. The second kappa shape index (κ2) is 6.80. The van der Waals surface area contributed by atoms with Crippen LogP contribution < -0.4 is 0 Å². The van der Waals surface area contributed by atoms with Gasteiger partial charge in [-0.25, -0.2) is 0 Å². The van der Waals surface area contributed by atoms with Gasteiger partial charge in [0.1, 0.15) is 0 Å². The van der Waals surface area contributed by atoms with Crippen LogP contribution in [0, 0.1) is 0 Å². The molecule has 0 aliphatic heterocycles. The molecule has 0 saturated heterocycles.